The number of carbonyl (C=O) groups is 1. The van der Waals surface area contributed by atoms with Crippen LogP contribution in [0.2, 0.25) is 0 Å². The monoisotopic (exact) mass is 416 g/mol. The maximum atomic E-state index is 13.4. The minimum Gasteiger partial charge on any atom is -0.399 e. The SMILES string of the molecule is Nc1ccc(-c2cccc3c2-c2ccccc2C3NC(=O)c2ccnc3[nH]ccc23)cc1. The summed E-state index contributed by atoms with van der Waals surface area (Å²) in [6.07, 6.45) is 3.46. The topological polar surface area (TPSA) is 83.8 Å². The van der Waals surface area contributed by atoms with Crippen LogP contribution in [-0.2, 0) is 0 Å². The average Bonchev–Trinajstić information content (AvgIpc) is 3.43. The van der Waals surface area contributed by atoms with Crippen molar-refractivity contribution in [1.82, 2.24) is 15.3 Å². The number of aromatic nitrogens is 2. The van der Waals surface area contributed by atoms with Gasteiger partial charge in [0.05, 0.1) is 11.6 Å². The summed E-state index contributed by atoms with van der Waals surface area (Å²) in [6.45, 7) is 0. The lowest BCUT2D eigenvalue weighted by molar-refractivity contribution is 0.0945. The van der Waals surface area contributed by atoms with Gasteiger partial charge in [0, 0.05) is 23.5 Å². The van der Waals surface area contributed by atoms with E-state index in [1.54, 1.807) is 18.5 Å². The molecular formula is C27H20N4O. The Morgan fingerprint density at radius 2 is 1.66 bits per heavy atom. The van der Waals surface area contributed by atoms with E-state index in [-0.39, 0.29) is 11.9 Å². The highest BCUT2D eigenvalue weighted by atomic mass is 16.1. The maximum Gasteiger partial charge on any atom is 0.252 e. The molecular weight excluding hydrogens is 396 g/mol. The van der Waals surface area contributed by atoms with Crippen molar-refractivity contribution >= 4 is 22.6 Å². The standard InChI is InChI=1S/C27H20N4O/c28-17-10-8-16(9-11-17)18-6-3-7-23-24(18)19-4-1-2-5-20(19)25(23)31-27(32)22-13-15-30-26-21(22)12-14-29-26/h1-15,25H,28H2,(H,29,30)(H,31,32). The number of benzene rings is 3. The summed E-state index contributed by atoms with van der Waals surface area (Å²) in [5.41, 5.74) is 14.7. The molecule has 0 radical (unpaired) electrons. The first-order valence-electron chi connectivity index (χ1n) is 10.5. The van der Waals surface area contributed by atoms with Crippen molar-refractivity contribution < 1.29 is 4.79 Å². The molecule has 5 heteroatoms. The van der Waals surface area contributed by atoms with Crippen LogP contribution >= 0.6 is 0 Å². The lowest BCUT2D eigenvalue weighted by Crippen LogP contribution is -2.28. The Bertz CT molecular complexity index is 1480. The highest BCUT2D eigenvalue weighted by molar-refractivity contribution is 6.06. The van der Waals surface area contributed by atoms with Crippen molar-refractivity contribution in [2.75, 3.05) is 5.73 Å². The minimum absolute atomic E-state index is 0.123. The third kappa shape index (κ3) is 2.79. The third-order valence-electron chi connectivity index (χ3n) is 6.15. The Morgan fingerprint density at radius 1 is 0.875 bits per heavy atom. The fourth-order valence-electron chi connectivity index (χ4n) is 4.68. The van der Waals surface area contributed by atoms with E-state index in [1.165, 1.54) is 0 Å². The van der Waals surface area contributed by atoms with Gasteiger partial charge in [-0.25, -0.2) is 4.98 Å². The highest BCUT2D eigenvalue weighted by Gasteiger charge is 2.32. The zero-order valence-corrected chi connectivity index (χ0v) is 17.2. The molecule has 0 saturated carbocycles. The first-order valence-corrected chi connectivity index (χ1v) is 10.5. The van der Waals surface area contributed by atoms with Gasteiger partial charge in [-0.1, -0.05) is 54.6 Å². The lowest BCUT2D eigenvalue weighted by atomic mass is 9.94. The molecule has 1 unspecified atom stereocenters. The quantitative estimate of drug-likeness (QED) is 0.349. The molecule has 1 aliphatic carbocycles. The van der Waals surface area contributed by atoms with Crippen LogP contribution < -0.4 is 11.1 Å². The third-order valence-corrected chi connectivity index (χ3v) is 6.15. The predicted octanol–water partition coefficient (Wildman–Crippen LogP) is 5.31. The summed E-state index contributed by atoms with van der Waals surface area (Å²) >= 11 is 0. The fraction of sp³-hybridized carbons (Fsp3) is 0.0370. The number of carbonyl (C=O) groups excluding carboxylic acids is 1. The van der Waals surface area contributed by atoms with Gasteiger partial charge in [-0.15, -0.1) is 0 Å². The van der Waals surface area contributed by atoms with E-state index in [0.29, 0.717) is 11.2 Å². The normalized spacial score (nSPS) is 14.2. The van der Waals surface area contributed by atoms with Gasteiger partial charge in [-0.3, -0.25) is 4.79 Å². The van der Waals surface area contributed by atoms with Gasteiger partial charge in [-0.2, -0.15) is 0 Å². The molecule has 1 amide bonds. The van der Waals surface area contributed by atoms with E-state index in [0.717, 1.165) is 44.5 Å². The summed E-state index contributed by atoms with van der Waals surface area (Å²) in [6, 6.07) is 25.9. The number of anilines is 1. The van der Waals surface area contributed by atoms with E-state index in [9.17, 15) is 4.79 Å². The summed E-state index contributed by atoms with van der Waals surface area (Å²) < 4.78 is 0. The van der Waals surface area contributed by atoms with Crippen LogP contribution in [0.15, 0.2) is 91.3 Å². The van der Waals surface area contributed by atoms with Crippen molar-refractivity contribution in [1.29, 1.82) is 0 Å². The van der Waals surface area contributed by atoms with Crippen LogP contribution in [0, 0.1) is 0 Å². The van der Waals surface area contributed by atoms with E-state index in [2.05, 4.69) is 39.6 Å². The Morgan fingerprint density at radius 3 is 2.53 bits per heavy atom. The van der Waals surface area contributed by atoms with Crippen LogP contribution in [0.5, 0.6) is 0 Å². The second-order valence-electron chi connectivity index (χ2n) is 7.98. The lowest BCUT2D eigenvalue weighted by Gasteiger charge is -2.17. The van der Waals surface area contributed by atoms with Gasteiger partial charge in [-0.05, 0) is 57.6 Å². The molecule has 6 rings (SSSR count). The van der Waals surface area contributed by atoms with Crippen molar-refractivity contribution in [2.24, 2.45) is 0 Å². The molecule has 32 heavy (non-hydrogen) atoms. The molecule has 5 nitrogen and oxygen atoms in total. The molecule has 4 N–H and O–H groups in total. The van der Waals surface area contributed by atoms with Gasteiger partial charge >= 0.3 is 0 Å². The number of amides is 1. The predicted molar refractivity (Wildman–Crippen MR) is 127 cm³/mol. The van der Waals surface area contributed by atoms with Crippen LogP contribution in [0.3, 0.4) is 0 Å². The first-order chi connectivity index (χ1) is 15.7. The van der Waals surface area contributed by atoms with Crippen LogP contribution in [0.4, 0.5) is 5.69 Å². The maximum absolute atomic E-state index is 13.4. The number of hydrogen-bond acceptors (Lipinski definition) is 3. The summed E-state index contributed by atoms with van der Waals surface area (Å²) in [5, 5.41) is 4.09. The molecule has 2 heterocycles. The van der Waals surface area contributed by atoms with E-state index >= 15 is 0 Å². The smallest absolute Gasteiger partial charge is 0.252 e. The zero-order valence-electron chi connectivity index (χ0n) is 17.2. The van der Waals surface area contributed by atoms with E-state index in [1.807, 2.05) is 48.5 Å². The minimum atomic E-state index is -0.232. The van der Waals surface area contributed by atoms with Crippen molar-refractivity contribution in [3.63, 3.8) is 0 Å². The Hall–Kier alpha value is -4.38. The molecule has 1 atom stereocenters. The fourth-order valence-corrected chi connectivity index (χ4v) is 4.68. The summed E-state index contributed by atoms with van der Waals surface area (Å²) in [7, 11) is 0. The number of H-pyrrole nitrogens is 1. The Kier molecular flexibility index (Phi) is 4.08. The van der Waals surface area contributed by atoms with Gasteiger partial charge in [0.15, 0.2) is 0 Å². The molecule has 154 valence electrons. The first kappa shape index (κ1) is 18.4. The van der Waals surface area contributed by atoms with Crippen LogP contribution in [0.1, 0.15) is 27.5 Å². The van der Waals surface area contributed by atoms with Gasteiger partial charge in [0.2, 0.25) is 0 Å². The number of nitrogens with zero attached hydrogens (tertiary/aromatic N) is 1. The molecule has 5 aromatic rings. The average molecular weight is 416 g/mol. The number of rotatable bonds is 3. The molecule has 0 spiro atoms. The molecule has 0 fully saturated rings. The number of nitrogens with one attached hydrogen (secondary N) is 2. The zero-order chi connectivity index (χ0) is 21.7. The molecule has 0 saturated heterocycles. The van der Waals surface area contributed by atoms with E-state index < -0.39 is 0 Å². The number of aromatic amines is 1. The van der Waals surface area contributed by atoms with Gasteiger partial charge in [0.1, 0.15) is 5.65 Å². The van der Waals surface area contributed by atoms with Crippen molar-refractivity contribution in [2.45, 2.75) is 6.04 Å². The van der Waals surface area contributed by atoms with Crippen LogP contribution in [-0.4, -0.2) is 15.9 Å². The van der Waals surface area contributed by atoms with Gasteiger partial charge < -0.3 is 16.0 Å². The molecule has 1 aliphatic rings. The summed E-state index contributed by atoms with van der Waals surface area (Å²) in [4.78, 5) is 20.7. The number of fused-ring (bicyclic) bond motifs is 4. The van der Waals surface area contributed by atoms with Crippen LogP contribution in [0.25, 0.3) is 33.3 Å². The second-order valence-corrected chi connectivity index (χ2v) is 7.98. The number of nitrogens with two attached hydrogens (primary N) is 1. The van der Waals surface area contributed by atoms with Crippen molar-refractivity contribution in [3.05, 3.63) is 108 Å². The summed E-state index contributed by atoms with van der Waals surface area (Å²) in [5.74, 6) is -0.123. The molecule has 0 bridgehead atoms. The Balaban J connectivity index is 1.47. The Labute approximate surface area is 184 Å². The second kappa shape index (κ2) is 7.10. The molecule has 3 aromatic carbocycles. The van der Waals surface area contributed by atoms with Gasteiger partial charge in [0.25, 0.3) is 5.91 Å². The number of hydrogen-bond donors (Lipinski definition) is 3. The molecule has 0 aliphatic heterocycles. The molecule has 2 aromatic heterocycles. The largest absolute Gasteiger partial charge is 0.399 e. The number of pyridine rings is 1. The van der Waals surface area contributed by atoms with Crippen molar-refractivity contribution in [3.8, 4) is 22.3 Å². The highest BCUT2D eigenvalue weighted by Crippen LogP contribution is 2.48. The number of nitrogen functional groups attached to an aromatic ring is 1. The van der Waals surface area contributed by atoms with E-state index in [4.69, 9.17) is 5.73 Å².